The minimum Gasteiger partial charge on any atom is -0.489 e. The van der Waals surface area contributed by atoms with Crippen molar-refractivity contribution < 1.29 is 17.3 Å². The standard InChI is InChI=1S/C16H15Cl3O4S/c1-24(20,21)23-9-8-11-2-4-12(5-3-11)22-10-13-14(17)6-7-15(18)16(13)19/h2-7H,8-10H2,1H3. The van der Waals surface area contributed by atoms with Crippen molar-refractivity contribution in [2.75, 3.05) is 12.9 Å². The summed E-state index contributed by atoms with van der Waals surface area (Å²) in [6.07, 6.45) is 1.51. The number of hydrogen-bond acceptors (Lipinski definition) is 4. The predicted molar refractivity (Wildman–Crippen MR) is 96.7 cm³/mol. The topological polar surface area (TPSA) is 52.6 Å². The molecule has 8 heteroatoms. The molecule has 0 heterocycles. The van der Waals surface area contributed by atoms with E-state index in [1.807, 2.05) is 12.1 Å². The van der Waals surface area contributed by atoms with Gasteiger partial charge in [-0.1, -0.05) is 46.9 Å². The molecule has 2 aromatic carbocycles. The van der Waals surface area contributed by atoms with Crippen molar-refractivity contribution in [1.82, 2.24) is 0 Å². The lowest BCUT2D eigenvalue weighted by Gasteiger charge is -2.11. The van der Waals surface area contributed by atoms with Crippen molar-refractivity contribution in [2.45, 2.75) is 13.0 Å². The lowest BCUT2D eigenvalue weighted by atomic mass is 10.1. The third-order valence-electron chi connectivity index (χ3n) is 3.13. The molecule has 0 atom stereocenters. The maximum absolute atomic E-state index is 10.9. The summed E-state index contributed by atoms with van der Waals surface area (Å²) in [6, 6.07) is 10.5. The molecule has 4 nitrogen and oxygen atoms in total. The van der Waals surface area contributed by atoms with Crippen LogP contribution in [0.5, 0.6) is 5.75 Å². The van der Waals surface area contributed by atoms with Gasteiger partial charge in [-0.25, -0.2) is 0 Å². The molecular weight excluding hydrogens is 395 g/mol. The molecule has 24 heavy (non-hydrogen) atoms. The summed E-state index contributed by atoms with van der Waals surface area (Å²) in [5, 5.41) is 1.28. The Morgan fingerprint density at radius 3 is 2.21 bits per heavy atom. The minimum absolute atomic E-state index is 0.104. The Morgan fingerprint density at radius 1 is 0.958 bits per heavy atom. The maximum atomic E-state index is 10.9. The summed E-state index contributed by atoms with van der Waals surface area (Å²) in [7, 11) is -3.41. The molecule has 2 aromatic rings. The SMILES string of the molecule is CS(=O)(=O)OCCc1ccc(OCc2c(Cl)ccc(Cl)c2Cl)cc1. The molecule has 0 aliphatic heterocycles. The van der Waals surface area contributed by atoms with Gasteiger partial charge in [0.15, 0.2) is 0 Å². The first-order valence-corrected chi connectivity index (χ1v) is 9.90. The van der Waals surface area contributed by atoms with Crippen LogP contribution in [0.25, 0.3) is 0 Å². The molecule has 0 aliphatic rings. The smallest absolute Gasteiger partial charge is 0.264 e. The Labute approximate surface area is 156 Å². The molecule has 2 rings (SSSR count). The Balaban J connectivity index is 1.94. The van der Waals surface area contributed by atoms with E-state index < -0.39 is 10.1 Å². The quantitative estimate of drug-likeness (QED) is 0.489. The van der Waals surface area contributed by atoms with Crippen molar-refractivity contribution in [2.24, 2.45) is 0 Å². The lowest BCUT2D eigenvalue weighted by Crippen LogP contribution is -2.06. The summed E-state index contributed by atoms with van der Waals surface area (Å²) in [5.41, 5.74) is 1.56. The molecule has 0 aliphatic carbocycles. The summed E-state index contributed by atoms with van der Waals surface area (Å²) in [4.78, 5) is 0. The molecular formula is C16H15Cl3O4S. The van der Waals surface area contributed by atoms with Gasteiger partial charge in [-0.3, -0.25) is 4.18 Å². The highest BCUT2D eigenvalue weighted by Gasteiger charge is 2.10. The molecule has 0 bridgehead atoms. The van der Waals surface area contributed by atoms with Crippen LogP contribution < -0.4 is 4.74 Å². The highest BCUT2D eigenvalue weighted by atomic mass is 35.5. The number of ether oxygens (including phenoxy) is 1. The van der Waals surface area contributed by atoms with Crippen molar-refractivity contribution in [3.8, 4) is 5.75 Å². The molecule has 0 saturated carbocycles. The Hall–Kier alpha value is -0.980. The Kier molecular flexibility index (Phi) is 6.78. The van der Waals surface area contributed by atoms with Crippen molar-refractivity contribution in [3.05, 3.63) is 62.6 Å². The molecule has 130 valence electrons. The van der Waals surface area contributed by atoms with Gasteiger partial charge in [-0.15, -0.1) is 0 Å². The normalized spacial score (nSPS) is 11.5. The first-order chi connectivity index (χ1) is 11.3. The van der Waals surface area contributed by atoms with E-state index in [1.165, 1.54) is 0 Å². The van der Waals surface area contributed by atoms with Crippen molar-refractivity contribution >= 4 is 44.9 Å². The third-order valence-corrected chi connectivity index (χ3v) is 4.93. The van der Waals surface area contributed by atoms with Gasteiger partial charge in [-0.2, -0.15) is 8.42 Å². The number of rotatable bonds is 7. The van der Waals surface area contributed by atoms with E-state index in [2.05, 4.69) is 0 Å². The first kappa shape index (κ1) is 19.3. The van der Waals surface area contributed by atoms with Crippen LogP contribution in [0, 0.1) is 0 Å². The van der Waals surface area contributed by atoms with E-state index in [-0.39, 0.29) is 13.2 Å². The largest absolute Gasteiger partial charge is 0.489 e. The first-order valence-electron chi connectivity index (χ1n) is 6.95. The second-order valence-corrected chi connectivity index (χ2v) is 7.87. The number of halogens is 3. The zero-order chi connectivity index (χ0) is 17.7. The summed E-state index contributed by atoms with van der Waals surface area (Å²) >= 11 is 18.2. The Bertz CT molecular complexity index is 805. The van der Waals surface area contributed by atoms with Crippen LogP contribution in [-0.4, -0.2) is 21.3 Å². The van der Waals surface area contributed by atoms with Crippen LogP contribution in [0.2, 0.25) is 15.1 Å². The van der Waals surface area contributed by atoms with Gasteiger partial charge in [-0.05, 0) is 36.2 Å². The summed E-state index contributed by atoms with van der Waals surface area (Å²) in [6.45, 7) is 0.293. The fourth-order valence-electron chi connectivity index (χ4n) is 1.92. The average Bonchev–Trinajstić information content (AvgIpc) is 2.51. The monoisotopic (exact) mass is 408 g/mol. The van der Waals surface area contributed by atoms with Crippen LogP contribution in [-0.2, 0) is 27.3 Å². The van der Waals surface area contributed by atoms with Crippen molar-refractivity contribution in [1.29, 1.82) is 0 Å². The Morgan fingerprint density at radius 2 is 1.58 bits per heavy atom. The summed E-state index contributed by atoms with van der Waals surface area (Å²) in [5.74, 6) is 0.634. The fourth-order valence-corrected chi connectivity index (χ4v) is 2.96. The van der Waals surface area contributed by atoms with Gasteiger partial charge in [0.2, 0.25) is 0 Å². The third kappa shape index (κ3) is 5.83. The van der Waals surface area contributed by atoms with Crippen LogP contribution in [0.1, 0.15) is 11.1 Å². The van der Waals surface area contributed by atoms with E-state index in [0.29, 0.717) is 32.8 Å². The van der Waals surface area contributed by atoms with Crippen LogP contribution >= 0.6 is 34.8 Å². The number of benzene rings is 2. The maximum Gasteiger partial charge on any atom is 0.264 e. The van der Waals surface area contributed by atoms with Gasteiger partial charge in [0, 0.05) is 10.6 Å². The molecule has 0 fully saturated rings. The molecule has 0 amide bonds. The molecule has 0 unspecified atom stereocenters. The zero-order valence-electron chi connectivity index (χ0n) is 12.8. The second kappa shape index (κ2) is 8.41. The average molecular weight is 410 g/mol. The molecule has 0 saturated heterocycles. The minimum atomic E-state index is -3.41. The van der Waals surface area contributed by atoms with E-state index in [0.717, 1.165) is 11.8 Å². The number of hydrogen-bond donors (Lipinski definition) is 0. The molecule has 0 spiro atoms. The molecule has 0 aromatic heterocycles. The van der Waals surface area contributed by atoms with E-state index in [4.69, 9.17) is 43.7 Å². The second-order valence-electron chi connectivity index (χ2n) is 5.03. The zero-order valence-corrected chi connectivity index (χ0v) is 15.8. The van der Waals surface area contributed by atoms with Crippen LogP contribution in [0.3, 0.4) is 0 Å². The lowest BCUT2D eigenvalue weighted by molar-refractivity contribution is 0.306. The van der Waals surface area contributed by atoms with Crippen LogP contribution in [0.15, 0.2) is 36.4 Å². The highest BCUT2D eigenvalue weighted by molar-refractivity contribution is 7.85. The van der Waals surface area contributed by atoms with Gasteiger partial charge < -0.3 is 4.74 Å². The van der Waals surface area contributed by atoms with Crippen molar-refractivity contribution in [3.63, 3.8) is 0 Å². The molecule has 0 N–H and O–H groups in total. The van der Waals surface area contributed by atoms with E-state index in [1.54, 1.807) is 24.3 Å². The predicted octanol–water partition coefficient (Wildman–Crippen LogP) is 4.74. The van der Waals surface area contributed by atoms with Gasteiger partial charge >= 0.3 is 0 Å². The molecule has 0 radical (unpaired) electrons. The van der Waals surface area contributed by atoms with Crippen LogP contribution in [0.4, 0.5) is 0 Å². The summed E-state index contributed by atoms with van der Waals surface area (Å²) < 4.78 is 32.2. The van der Waals surface area contributed by atoms with E-state index in [9.17, 15) is 8.42 Å². The fraction of sp³-hybridized carbons (Fsp3) is 0.250. The van der Waals surface area contributed by atoms with Gasteiger partial charge in [0.05, 0.1) is 22.9 Å². The van der Waals surface area contributed by atoms with Gasteiger partial charge in [0.1, 0.15) is 12.4 Å². The highest BCUT2D eigenvalue weighted by Crippen LogP contribution is 2.32. The van der Waals surface area contributed by atoms with E-state index >= 15 is 0 Å². The van der Waals surface area contributed by atoms with Gasteiger partial charge in [0.25, 0.3) is 10.1 Å².